The van der Waals surface area contributed by atoms with E-state index in [2.05, 4.69) is 10.2 Å². The van der Waals surface area contributed by atoms with Crippen molar-refractivity contribution in [3.63, 3.8) is 0 Å². The van der Waals surface area contributed by atoms with Crippen molar-refractivity contribution in [2.24, 2.45) is 5.41 Å². The maximum absolute atomic E-state index is 11.7. The van der Waals surface area contributed by atoms with Crippen molar-refractivity contribution in [1.29, 1.82) is 0 Å². The third kappa shape index (κ3) is 6.41. The van der Waals surface area contributed by atoms with Crippen LogP contribution in [-0.2, 0) is 9.53 Å². The summed E-state index contributed by atoms with van der Waals surface area (Å²) >= 11 is 0. The molecule has 0 radical (unpaired) electrons. The van der Waals surface area contributed by atoms with E-state index in [1.54, 1.807) is 26.0 Å². The van der Waals surface area contributed by atoms with Crippen LogP contribution >= 0.6 is 0 Å². The number of hydrogen-bond acceptors (Lipinski definition) is 8. The van der Waals surface area contributed by atoms with Crippen LogP contribution in [0.1, 0.15) is 92.6 Å². The number of carbonyl (C=O) groups excluding carboxylic acids is 1. The van der Waals surface area contributed by atoms with Crippen LogP contribution in [0, 0.1) is 5.41 Å². The fraction of sp³-hybridized carbons (Fsp3) is 0.600. The molecule has 0 amide bonds. The molecule has 1 atom stereocenters. The number of anilines is 1. The minimum atomic E-state index is -0.789. The molecule has 210 valence electrons. The monoisotopic (exact) mass is 536 g/mol. The summed E-state index contributed by atoms with van der Waals surface area (Å²) in [6.45, 7) is 8.34. The average molecular weight is 537 g/mol. The van der Waals surface area contributed by atoms with Gasteiger partial charge in [0, 0.05) is 42.4 Å². The van der Waals surface area contributed by atoms with E-state index in [-0.39, 0.29) is 12.8 Å². The number of aromatic nitrogens is 2. The molecule has 3 fully saturated rings. The van der Waals surface area contributed by atoms with Crippen LogP contribution in [-0.4, -0.2) is 71.5 Å². The number of nitrogens with zero attached hydrogens (tertiary/aromatic N) is 3. The van der Waals surface area contributed by atoms with Crippen LogP contribution in [0.4, 0.5) is 5.82 Å². The Hall–Kier alpha value is -3.04. The number of carbonyl (C=O) groups is 2. The second kappa shape index (κ2) is 11.6. The highest BCUT2D eigenvalue weighted by molar-refractivity contribution is 5.81. The van der Waals surface area contributed by atoms with Gasteiger partial charge in [-0.1, -0.05) is 6.07 Å². The molecular formula is C30H40N4O5. The first-order valence-electron chi connectivity index (χ1n) is 14.2. The zero-order chi connectivity index (χ0) is 27.6. The Morgan fingerprint density at radius 3 is 2.56 bits per heavy atom. The Morgan fingerprint density at radius 1 is 1.15 bits per heavy atom. The quantitative estimate of drug-likeness (QED) is 0.206. The van der Waals surface area contributed by atoms with E-state index in [0.29, 0.717) is 36.3 Å². The number of hydrogen-bond donors (Lipinski definition) is 2. The highest BCUT2D eigenvalue weighted by Crippen LogP contribution is 2.54. The number of piperidine rings is 1. The van der Waals surface area contributed by atoms with Crippen LogP contribution in [0.3, 0.4) is 0 Å². The molecule has 1 saturated heterocycles. The van der Waals surface area contributed by atoms with Gasteiger partial charge in [0.05, 0.1) is 5.41 Å². The Bertz CT molecular complexity index is 1210. The average Bonchev–Trinajstić information content (AvgIpc) is 3.82. The second-order valence-corrected chi connectivity index (χ2v) is 11.8. The van der Waals surface area contributed by atoms with Gasteiger partial charge in [0.15, 0.2) is 12.6 Å². The highest BCUT2D eigenvalue weighted by Gasteiger charge is 2.39. The van der Waals surface area contributed by atoms with Crippen LogP contribution in [0.25, 0.3) is 11.3 Å². The lowest BCUT2D eigenvalue weighted by molar-refractivity contribution is -0.148. The number of benzene rings is 1. The van der Waals surface area contributed by atoms with E-state index >= 15 is 0 Å². The summed E-state index contributed by atoms with van der Waals surface area (Å²) in [6, 6.07) is 5.64. The first-order chi connectivity index (χ1) is 18.8. The predicted octanol–water partition coefficient (Wildman–Crippen LogP) is 5.07. The van der Waals surface area contributed by atoms with Gasteiger partial charge < -0.3 is 24.8 Å². The van der Waals surface area contributed by atoms with Gasteiger partial charge in [0.2, 0.25) is 0 Å². The molecule has 0 unspecified atom stereocenters. The van der Waals surface area contributed by atoms with Crippen molar-refractivity contribution in [3.05, 3.63) is 34.9 Å². The van der Waals surface area contributed by atoms with Crippen LogP contribution in [0.5, 0.6) is 5.75 Å². The highest BCUT2D eigenvalue weighted by atomic mass is 16.7. The molecule has 9 nitrogen and oxygen atoms in total. The largest absolute Gasteiger partial charge is 0.481 e. The zero-order valence-corrected chi connectivity index (χ0v) is 23.2. The van der Waals surface area contributed by atoms with Gasteiger partial charge in [-0.05, 0) is 95.4 Å². The maximum atomic E-state index is 11.7. The molecule has 2 saturated carbocycles. The standard InChI is InChI=1S/C30H40N4O5/c1-4-38-18-39-24-14-19(16-35)7-12-23(24)27-25(20-8-9-20)26(21-10-11-21)28(33-32-27)31-22-6-5-13-34(15-22)17-30(2,3)29(36)37/h7,12,14,16,20-22H,4-6,8-11,13,15,17-18H2,1-3H3,(H,31,33)(H,36,37)/t22-/m1/s1. The van der Waals surface area contributed by atoms with E-state index in [1.807, 2.05) is 13.0 Å². The second-order valence-electron chi connectivity index (χ2n) is 11.8. The fourth-order valence-electron chi connectivity index (χ4n) is 5.59. The number of likely N-dealkylation sites (tertiary alicyclic amines) is 1. The summed E-state index contributed by atoms with van der Waals surface area (Å²) in [4.78, 5) is 25.4. The smallest absolute Gasteiger partial charge is 0.310 e. The summed E-state index contributed by atoms with van der Waals surface area (Å²) in [5.74, 6) is 1.58. The number of ether oxygens (including phenoxy) is 2. The van der Waals surface area contributed by atoms with E-state index in [4.69, 9.17) is 19.7 Å². The van der Waals surface area contributed by atoms with E-state index in [9.17, 15) is 14.7 Å². The SMILES string of the molecule is CCOCOc1cc(C=O)ccc1-c1nnc(N[C@@H]2CCCN(CC(C)(C)C(=O)O)C2)c(C2CC2)c1C1CC1. The number of nitrogens with one attached hydrogen (secondary N) is 1. The third-order valence-electron chi connectivity index (χ3n) is 7.96. The number of aldehydes is 1. The first kappa shape index (κ1) is 27.5. The van der Waals surface area contributed by atoms with Gasteiger partial charge in [-0.2, -0.15) is 0 Å². The lowest BCUT2D eigenvalue weighted by Gasteiger charge is -2.37. The Labute approximate surface area is 230 Å². The molecule has 2 heterocycles. The number of carboxylic acid groups (broad SMARTS) is 1. The molecule has 1 aromatic heterocycles. The summed E-state index contributed by atoms with van der Waals surface area (Å²) in [5, 5.41) is 22.9. The molecule has 1 aromatic carbocycles. The van der Waals surface area contributed by atoms with Crippen molar-refractivity contribution < 1.29 is 24.2 Å². The molecule has 2 aliphatic carbocycles. The van der Waals surface area contributed by atoms with Gasteiger partial charge >= 0.3 is 5.97 Å². The summed E-state index contributed by atoms with van der Waals surface area (Å²) < 4.78 is 11.4. The molecule has 3 aliphatic rings. The van der Waals surface area contributed by atoms with E-state index in [0.717, 1.165) is 75.0 Å². The fourth-order valence-corrected chi connectivity index (χ4v) is 5.59. The van der Waals surface area contributed by atoms with Gasteiger partial charge in [-0.3, -0.25) is 9.59 Å². The van der Waals surface area contributed by atoms with Gasteiger partial charge in [-0.15, -0.1) is 10.2 Å². The molecule has 0 bridgehead atoms. The van der Waals surface area contributed by atoms with Crippen molar-refractivity contribution in [3.8, 4) is 17.0 Å². The number of rotatable bonds is 13. The molecular weight excluding hydrogens is 496 g/mol. The molecule has 2 aromatic rings. The molecule has 1 aliphatic heterocycles. The van der Waals surface area contributed by atoms with Gasteiger partial charge in [0.25, 0.3) is 0 Å². The van der Waals surface area contributed by atoms with Crippen molar-refractivity contribution in [2.75, 3.05) is 38.4 Å². The summed E-state index contributed by atoms with van der Waals surface area (Å²) in [7, 11) is 0. The number of carboxylic acids is 1. The van der Waals surface area contributed by atoms with Gasteiger partial charge in [-0.25, -0.2) is 0 Å². The van der Waals surface area contributed by atoms with Crippen molar-refractivity contribution in [2.45, 2.75) is 77.2 Å². The lowest BCUT2D eigenvalue weighted by Crippen LogP contribution is -2.47. The minimum absolute atomic E-state index is 0.101. The Kier molecular flexibility index (Phi) is 8.19. The molecule has 9 heteroatoms. The zero-order valence-electron chi connectivity index (χ0n) is 23.2. The predicted molar refractivity (Wildman–Crippen MR) is 148 cm³/mol. The summed E-state index contributed by atoms with van der Waals surface area (Å²) in [5.41, 5.74) is 3.96. The van der Waals surface area contributed by atoms with Crippen LogP contribution in [0.2, 0.25) is 0 Å². The minimum Gasteiger partial charge on any atom is -0.481 e. The van der Waals surface area contributed by atoms with Gasteiger partial charge in [0.1, 0.15) is 17.7 Å². The van der Waals surface area contributed by atoms with Crippen molar-refractivity contribution >= 4 is 18.1 Å². The van der Waals surface area contributed by atoms with Crippen LogP contribution < -0.4 is 10.1 Å². The normalized spacial score (nSPS) is 20.0. The van der Waals surface area contributed by atoms with Crippen molar-refractivity contribution in [1.82, 2.24) is 15.1 Å². The Morgan fingerprint density at radius 2 is 1.90 bits per heavy atom. The lowest BCUT2D eigenvalue weighted by atomic mass is 9.91. The molecule has 39 heavy (non-hydrogen) atoms. The summed E-state index contributed by atoms with van der Waals surface area (Å²) in [6.07, 6.45) is 7.37. The Balaban J connectivity index is 1.45. The third-order valence-corrected chi connectivity index (χ3v) is 7.96. The van der Waals surface area contributed by atoms with Crippen LogP contribution in [0.15, 0.2) is 18.2 Å². The molecule has 5 rings (SSSR count). The topological polar surface area (TPSA) is 114 Å². The molecule has 2 N–H and O–H groups in total. The van der Waals surface area contributed by atoms with E-state index in [1.165, 1.54) is 11.1 Å². The van der Waals surface area contributed by atoms with E-state index < -0.39 is 11.4 Å². The number of aliphatic carboxylic acids is 1. The molecule has 0 spiro atoms. The maximum Gasteiger partial charge on any atom is 0.310 e. The first-order valence-corrected chi connectivity index (χ1v) is 14.2.